The van der Waals surface area contributed by atoms with Crippen molar-refractivity contribution in [2.45, 2.75) is 25.7 Å². The molecule has 0 unspecified atom stereocenters. The molecule has 0 aromatic heterocycles. The van der Waals surface area contributed by atoms with Gasteiger partial charge in [-0.1, -0.05) is 12.1 Å². The lowest BCUT2D eigenvalue weighted by atomic mass is 10.0. The Morgan fingerprint density at radius 2 is 2.17 bits per heavy atom. The first kappa shape index (κ1) is 14.0. The fourth-order valence-corrected chi connectivity index (χ4v) is 1.73. The minimum Gasteiger partial charge on any atom is -0.490 e. The van der Waals surface area contributed by atoms with Gasteiger partial charge >= 0.3 is 11.7 Å². The van der Waals surface area contributed by atoms with Crippen LogP contribution in [0.5, 0.6) is 5.75 Å². The van der Waals surface area contributed by atoms with Crippen molar-refractivity contribution < 1.29 is 19.6 Å². The van der Waals surface area contributed by atoms with Gasteiger partial charge in [0.05, 0.1) is 12.0 Å². The number of hydrogen-bond acceptors (Lipinski definition) is 4. The van der Waals surface area contributed by atoms with Crippen molar-refractivity contribution in [3.05, 3.63) is 33.9 Å². The van der Waals surface area contributed by atoms with E-state index >= 15 is 0 Å². The molecule has 0 saturated heterocycles. The van der Waals surface area contributed by atoms with E-state index in [1.165, 1.54) is 7.11 Å². The van der Waals surface area contributed by atoms with Gasteiger partial charge in [0.15, 0.2) is 5.75 Å². The summed E-state index contributed by atoms with van der Waals surface area (Å²) in [6, 6.07) is 4.90. The number of para-hydroxylation sites is 1. The molecule has 0 amide bonds. The van der Waals surface area contributed by atoms with Gasteiger partial charge in [-0.2, -0.15) is 0 Å². The number of benzene rings is 1. The Labute approximate surface area is 104 Å². The lowest BCUT2D eigenvalue weighted by Gasteiger charge is -2.06. The molecule has 0 aliphatic rings. The number of hydrogen-bond donors (Lipinski definition) is 1. The summed E-state index contributed by atoms with van der Waals surface area (Å²) in [7, 11) is 1.39. The van der Waals surface area contributed by atoms with Crippen molar-refractivity contribution in [2.75, 3.05) is 7.11 Å². The Hall–Kier alpha value is -2.11. The molecule has 0 radical (unpaired) electrons. The molecule has 6 nitrogen and oxygen atoms in total. The number of unbranched alkanes of at least 4 members (excludes halogenated alkanes) is 1. The first-order valence-electron chi connectivity index (χ1n) is 5.58. The lowest BCUT2D eigenvalue weighted by molar-refractivity contribution is -0.386. The normalized spacial score (nSPS) is 10.1. The molecule has 6 heteroatoms. The summed E-state index contributed by atoms with van der Waals surface area (Å²) in [5, 5.41) is 19.5. The topological polar surface area (TPSA) is 89.7 Å². The highest BCUT2D eigenvalue weighted by molar-refractivity contribution is 5.66. The predicted molar refractivity (Wildman–Crippen MR) is 64.8 cm³/mol. The molecule has 0 spiro atoms. The van der Waals surface area contributed by atoms with E-state index < -0.39 is 10.9 Å². The van der Waals surface area contributed by atoms with Crippen LogP contribution in [-0.4, -0.2) is 23.1 Å². The molecule has 1 N–H and O–H groups in total. The van der Waals surface area contributed by atoms with Crippen molar-refractivity contribution in [1.29, 1.82) is 0 Å². The average molecular weight is 253 g/mol. The Balaban J connectivity index is 2.75. The Morgan fingerprint density at radius 3 is 2.72 bits per heavy atom. The smallest absolute Gasteiger partial charge is 0.314 e. The van der Waals surface area contributed by atoms with E-state index in [1.807, 2.05) is 0 Å². The number of aryl methyl sites for hydroxylation is 1. The highest BCUT2D eigenvalue weighted by Crippen LogP contribution is 2.31. The molecule has 0 aliphatic carbocycles. The van der Waals surface area contributed by atoms with Gasteiger partial charge in [-0.25, -0.2) is 0 Å². The van der Waals surface area contributed by atoms with Crippen molar-refractivity contribution in [3.8, 4) is 5.75 Å². The molecule has 0 fully saturated rings. The zero-order chi connectivity index (χ0) is 13.5. The molecule has 18 heavy (non-hydrogen) atoms. The number of carbonyl (C=O) groups is 1. The molecule has 1 aromatic carbocycles. The SMILES string of the molecule is COc1cccc(CCCCC(=O)O)c1[N+](=O)[O-]. The third-order valence-corrected chi connectivity index (χ3v) is 2.57. The molecular formula is C12H15NO5. The third kappa shape index (κ3) is 3.73. The number of rotatable bonds is 7. The summed E-state index contributed by atoms with van der Waals surface area (Å²) in [5.74, 6) is -0.620. The zero-order valence-corrected chi connectivity index (χ0v) is 10.1. The van der Waals surface area contributed by atoms with Gasteiger partial charge in [-0.05, 0) is 25.3 Å². The largest absolute Gasteiger partial charge is 0.490 e. The summed E-state index contributed by atoms with van der Waals surface area (Å²) >= 11 is 0. The quantitative estimate of drug-likeness (QED) is 0.457. The van der Waals surface area contributed by atoms with Crippen LogP contribution in [0.4, 0.5) is 5.69 Å². The number of ether oxygens (including phenoxy) is 1. The van der Waals surface area contributed by atoms with E-state index in [1.54, 1.807) is 18.2 Å². The fraction of sp³-hybridized carbons (Fsp3) is 0.417. The Morgan fingerprint density at radius 1 is 1.44 bits per heavy atom. The standard InChI is InChI=1S/C12H15NO5/c1-18-10-7-4-6-9(12(10)13(16)17)5-2-3-8-11(14)15/h4,6-7H,2-3,5,8H2,1H3,(H,14,15). The molecule has 0 saturated carbocycles. The van der Waals surface area contributed by atoms with Gasteiger partial charge in [0.1, 0.15) is 0 Å². The Bertz CT molecular complexity index is 444. The molecule has 0 bridgehead atoms. The number of carboxylic acids is 1. The second-order valence-electron chi connectivity index (χ2n) is 3.83. The van der Waals surface area contributed by atoms with E-state index in [2.05, 4.69) is 0 Å². The van der Waals surface area contributed by atoms with E-state index in [4.69, 9.17) is 9.84 Å². The molecule has 1 aromatic rings. The average Bonchev–Trinajstić information content (AvgIpc) is 2.33. The number of nitrogens with zero attached hydrogens (tertiary/aromatic N) is 1. The third-order valence-electron chi connectivity index (χ3n) is 2.57. The van der Waals surface area contributed by atoms with Crippen LogP contribution in [0.2, 0.25) is 0 Å². The molecule has 0 atom stereocenters. The summed E-state index contributed by atoms with van der Waals surface area (Å²) in [6.45, 7) is 0. The first-order valence-corrected chi connectivity index (χ1v) is 5.58. The highest BCUT2D eigenvalue weighted by atomic mass is 16.6. The Kier molecular flexibility index (Phi) is 5.10. The molecular weight excluding hydrogens is 238 g/mol. The minimum absolute atomic E-state index is 0.0321. The number of carboxylic acid groups (broad SMARTS) is 1. The van der Waals surface area contributed by atoms with Crippen LogP contribution < -0.4 is 4.74 Å². The maximum atomic E-state index is 11.0. The van der Waals surface area contributed by atoms with Crippen molar-refractivity contribution in [3.63, 3.8) is 0 Å². The van der Waals surface area contributed by atoms with Crippen LogP contribution in [0.15, 0.2) is 18.2 Å². The van der Waals surface area contributed by atoms with Gasteiger partial charge in [-0.3, -0.25) is 14.9 Å². The van der Waals surface area contributed by atoms with Crippen molar-refractivity contribution >= 4 is 11.7 Å². The van der Waals surface area contributed by atoms with Crippen LogP contribution in [0, 0.1) is 10.1 Å². The summed E-state index contributed by atoms with van der Waals surface area (Å²) in [5.41, 5.74) is 0.542. The fourth-order valence-electron chi connectivity index (χ4n) is 1.73. The summed E-state index contributed by atoms with van der Waals surface area (Å²) < 4.78 is 4.96. The maximum Gasteiger partial charge on any atom is 0.314 e. The monoisotopic (exact) mass is 253 g/mol. The van der Waals surface area contributed by atoms with E-state index in [-0.39, 0.29) is 17.9 Å². The highest BCUT2D eigenvalue weighted by Gasteiger charge is 2.19. The van der Waals surface area contributed by atoms with E-state index in [0.29, 0.717) is 24.8 Å². The van der Waals surface area contributed by atoms with Gasteiger partial charge in [0.2, 0.25) is 0 Å². The van der Waals surface area contributed by atoms with Crippen molar-refractivity contribution in [1.82, 2.24) is 0 Å². The van der Waals surface area contributed by atoms with Crippen LogP contribution in [0.25, 0.3) is 0 Å². The van der Waals surface area contributed by atoms with Gasteiger partial charge in [0.25, 0.3) is 0 Å². The lowest BCUT2D eigenvalue weighted by Crippen LogP contribution is -2.00. The van der Waals surface area contributed by atoms with Crippen LogP contribution in [-0.2, 0) is 11.2 Å². The summed E-state index contributed by atoms with van der Waals surface area (Å²) in [6.07, 6.45) is 1.66. The number of methoxy groups -OCH3 is 1. The molecule has 98 valence electrons. The second-order valence-corrected chi connectivity index (χ2v) is 3.83. The van der Waals surface area contributed by atoms with Crippen LogP contribution in [0.1, 0.15) is 24.8 Å². The van der Waals surface area contributed by atoms with Gasteiger partial charge in [0, 0.05) is 12.0 Å². The molecule has 0 aliphatic heterocycles. The van der Waals surface area contributed by atoms with Crippen LogP contribution >= 0.6 is 0 Å². The van der Waals surface area contributed by atoms with Gasteiger partial charge in [-0.15, -0.1) is 0 Å². The number of nitro benzene ring substituents is 1. The van der Waals surface area contributed by atoms with E-state index in [9.17, 15) is 14.9 Å². The predicted octanol–water partition coefficient (Wildman–Crippen LogP) is 2.40. The maximum absolute atomic E-state index is 11.0. The zero-order valence-electron chi connectivity index (χ0n) is 10.1. The minimum atomic E-state index is -0.852. The number of aliphatic carboxylic acids is 1. The van der Waals surface area contributed by atoms with Crippen molar-refractivity contribution in [2.24, 2.45) is 0 Å². The summed E-state index contributed by atoms with van der Waals surface area (Å²) in [4.78, 5) is 20.9. The molecule has 0 heterocycles. The van der Waals surface area contributed by atoms with Gasteiger partial charge < -0.3 is 9.84 Å². The second kappa shape index (κ2) is 6.58. The number of nitro groups is 1. The first-order chi connectivity index (χ1) is 8.56. The van der Waals surface area contributed by atoms with E-state index in [0.717, 1.165) is 0 Å². The molecule has 1 rings (SSSR count). The van der Waals surface area contributed by atoms with Crippen LogP contribution in [0.3, 0.4) is 0 Å².